The van der Waals surface area contributed by atoms with Crippen molar-refractivity contribution in [1.82, 2.24) is 4.98 Å². The van der Waals surface area contributed by atoms with Crippen molar-refractivity contribution in [2.24, 2.45) is 0 Å². The van der Waals surface area contributed by atoms with Gasteiger partial charge in [0.05, 0.1) is 4.83 Å². The van der Waals surface area contributed by atoms with Crippen molar-refractivity contribution >= 4 is 33.3 Å². The Morgan fingerprint density at radius 1 is 1.77 bits per heavy atom. The van der Waals surface area contributed by atoms with Crippen molar-refractivity contribution in [3.8, 4) is 0 Å². The van der Waals surface area contributed by atoms with Gasteiger partial charge in [0, 0.05) is 11.8 Å². The van der Waals surface area contributed by atoms with E-state index in [9.17, 15) is 4.79 Å². The largest absolute Gasteiger partial charge is 0.293 e. The van der Waals surface area contributed by atoms with Gasteiger partial charge in [-0.2, -0.15) is 0 Å². The van der Waals surface area contributed by atoms with Crippen molar-refractivity contribution in [3.05, 3.63) is 29.0 Å². The van der Waals surface area contributed by atoms with E-state index in [1.54, 1.807) is 12.1 Å². The average molecular weight is 263 g/mol. The molecule has 0 fully saturated rings. The van der Waals surface area contributed by atoms with Gasteiger partial charge in [-0.25, -0.2) is 4.98 Å². The second-order valence-electron chi connectivity index (χ2n) is 2.61. The molecule has 0 saturated heterocycles. The van der Waals surface area contributed by atoms with E-state index in [1.807, 2.05) is 6.92 Å². The highest BCUT2D eigenvalue weighted by atomic mass is 79.9. The molecule has 0 spiro atoms. The van der Waals surface area contributed by atoms with E-state index in [0.29, 0.717) is 10.7 Å². The molecule has 70 valence electrons. The van der Waals surface area contributed by atoms with Crippen LogP contribution in [0.4, 0.5) is 0 Å². The molecule has 2 nitrogen and oxygen atoms in total. The second-order valence-corrected chi connectivity index (χ2v) is 4.10. The number of pyridine rings is 1. The molecule has 1 unspecified atom stereocenters. The van der Waals surface area contributed by atoms with Gasteiger partial charge in [0.2, 0.25) is 0 Å². The van der Waals surface area contributed by atoms with Gasteiger partial charge in [-0.3, -0.25) is 4.79 Å². The first-order valence-corrected chi connectivity index (χ1v) is 5.24. The van der Waals surface area contributed by atoms with Crippen LogP contribution in [0.25, 0.3) is 0 Å². The molecule has 1 aromatic rings. The van der Waals surface area contributed by atoms with E-state index in [-0.39, 0.29) is 10.6 Å². The van der Waals surface area contributed by atoms with Crippen LogP contribution in [-0.2, 0) is 0 Å². The van der Waals surface area contributed by atoms with Gasteiger partial charge in [0.15, 0.2) is 5.78 Å². The first-order chi connectivity index (χ1) is 6.15. The maximum Gasteiger partial charge on any atom is 0.176 e. The van der Waals surface area contributed by atoms with Crippen LogP contribution < -0.4 is 0 Å². The standard InChI is InChI=1S/C9H9BrClNO/c1-2-7(10)9(13)6-3-4-12-8(11)5-6/h3-5,7H,2H2,1H3. The monoisotopic (exact) mass is 261 g/mol. The van der Waals surface area contributed by atoms with E-state index in [2.05, 4.69) is 20.9 Å². The molecule has 0 aliphatic heterocycles. The van der Waals surface area contributed by atoms with Gasteiger partial charge < -0.3 is 0 Å². The molecule has 0 bridgehead atoms. The highest BCUT2D eigenvalue weighted by Gasteiger charge is 2.14. The van der Waals surface area contributed by atoms with E-state index < -0.39 is 0 Å². The number of rotatable bonds is 3. The topological polar surface area (TPSA) is 30.0 Å². The predicted octanol–water partition coefficient (Wildman–Crippen LogP) is 3.09. The summed E-state index contributed by atoms with van der Waals surface area (Å²) in [7, 11) is 0. The second kappa shape index (κ2) is 4.72. The molecule has 1 aromatic heterocycles. The first kappa shape index (κ1) is 10.7. The Labute approximate surface area is 90.4 Å². The minimum atomic E-state index is -0.133. The zero-order chi connectivity index (χ0) is 9.84. The molecule has 0 N–H and O–H groups in total. The number of aromatic nitrogens is 1. The fraction of sp³-hybridized carbons (Fsp3) is 0.333. The van der Waals surface area contributed by atoms with Crippen molar-refractivity contribution < 1.29 is 4.79 Å². The fourth-order valence-electron chi connectivity index (χ4n) is 0.922. The van der Waals surface area contributed by atoms with Gasteiger partial charge in [0.25, 0.3) is 0 Å². The zero-order valence-electron chi connectivity index (χ0n) is 7.13. The van der Waals surface area contributed by atoms with Crippen LogP contribution >= 0.6 is 27.5 Å². The summed E-state index contributed by atoms with van der Waals surface area (Å²) in [4.78, 5) is 15.3. The average Bonchev–Trinajstić information content (AvgIpc) is 2.15. The molecule has 0 aromatic carbocycles. The normalized spacial score (nSPS) is 12.5. The number of hydrogen-bond donors (Lipinski definition) is 0. The summed E-state index contributed by atoms with van der Waals surface area (Å²) in [5.74, 6) is 0.0480. The third-order valence-electron chi connectivity index (χ3n) is 1.65. The lowest BCUT2D eigenvalue weighted by Gasteiger charge is -2.04. The number of carbonyl (C=O) groups is 1. The number of carbonyl (C=O) groups excluding carboxylic acids is 1. The third-order valence-corrected chi connectivity index (χ3v) is 2.92. The first-order valence-electron chi connectivity index (χ1n) is 3.95. The Morgan fingerprint density at radius 3 is 3.00 bits per heavy atom. The fourth-order valence-corrected chi connectivity index (χ4v) is 1.36. The Balaban J connectivity index is 2.89. The smallest absolute Gasteiger partial charge is 0.176 e. The molecule has 0 aliphatic carbocycles. The van der Waals surface area contributed by atoms with E-state index >= 15 is 0 Å². The minimum Gasteiger partial charge on any atom is -0.293 e. The summed E-state index contributed by atoms with van der Waals surface area (Å²) in [6, 6.07) is 3.24. The minimum absolute atomic E-state index is 0.0480. The van der Waals surface area contributed by atoms with E-state index in [4.69, 9.17) is 11.6 Å². The number of hydrogen-bond acceptors (Lipinski definition) is 2. The maximum atomic E-state index is 11.6. The third kappa shape index (κ3) is 2.78. The SMILES string of the molecule is CCC(Br)C(=O)c1ccnc(Cl)c1. The zero-order valence-corrected chi connectivity index (χ0v) is 9.47. The van der Waals surface area contributed by atoms with Gasteiger partial charge in [-0.1, -0.05) is 34.5 Å². The van der Waals surface area contributed by atoms with Gasteiger partial charge >= 0.3 is 0 Å². The lowest BCUT2D eigenvalue weighted by atomic mass is 10.1. The number of Topliss-reactive ketones (excluding diaryl/α,β-unsaturated/α-hetero) is 1. The summed E-state index contributed by atoms with van der Waals surface area (Å²) in [6.45, 7) is 1.94. The van der Waals surface area contributed by atoms with Crippen molar-refractivity contribution in [2.75, 3.05) is 0 Å². The number of ketones is 1. The highest BCUT2D eigenvalue weighted by molar-refractivity contribution is 9.10. The van der Waals surface area contributed by atoms with Crippen LogP contribution in [-0.4, -0.2) is 15.6 Å². The Hall–Kier alpha value is -0.410. The van der Waals surface area contributed by atoms with E-state index in [0.717, 1.165) is 6.42 Å². The summed E-state index contributed by atoms with van der Waals surface area (Å²) in [5.41, 5.74) is 0.601. The van der Waals surface area contributed by atoms with Crippen molar-refractivity contribution in [1.29, 1.82) is 0 Å². The molecular formula is C9H9BrClNO. The Morgan fingerprint density at radius 2 is 2.46 bits per heavy atom. The van der Waals surface area contributed by atoms with Crippen LogP contribution in [0.15, 0.2) is 18.3 Å². The highest BCUT2D eigenvalue weighted by Crippen LogP contribution is 2.15. The summed E-state index contributed by atoms with van der Waals surface area (Å²) in [5, 5.41) is 0.349. The summed E-state index contributed by atoms with van der Waals surface area (Å²) < 4.78 is 0. The van der Waals surface area contributed by atoms with Gasteiger partial charge in [-0.05, 0) is 18.6 Å². The Bertz CT molecular complexity index is 316. The van der Waals surface area contributed by atoms with Crippen LogP contribution in [0.5, 0.6) is 0 Å². The molecule has 4 heteroatoms. The van der Waals surface area contributed by atoms with E-state index in [1.165, 1.54) is 6.20 Å². The number of halogens is 2. The predicted molar refractivity (Wildman–Crippen MR) is 56.6 cm³/mol. The molecular weight excluding hydrogens is 253 g/mol. The summed E-state index contributed by atoms with van der Waals surface area (Å²) >= 11 is 8.95. The number of nitrogens with zero attached hydrogens (tertiary/aromatic N) is 1. The van der Waals surface area contributed by atoms with Crippen molar-refractivity contribution in [2.45, 2.75) is 18.2 Å². The van der Waals surface area contributed by atoms with Crippen LogP contribution in [0.2, 0.25) is 5.15 Å². The molecule has 0 radical (unpaired) electrons. The van der Waals surface area contributed by atoms with Crippen LogP contribution in [0.3, 0.4) is 0 Å². The molecule has 0 amide bonds. The molecule has 1 rings (SSSR count). The van der Waals surface area contributed by atoms with Gasteiger partial charge in [0.1, 0.15) is 5.15 Å². The maximum absolute atomic E-state index is 11.6. The molecule has 1 heterocycles. The number of alkyl halides is 1. The molecule has 0 aliphatic rings. The van der Waals surface area contributed by atoms with Crippen LogP contribution in [0, 0.1) is 0 Å². The van der Waals surface area contributed by atoms with Gasteiger partial charge in [-0.15, -0.1) is 0 Å². The van der Waals surface area contributed by atoms with Crippen molar-refractivity contribution in [3.63, 3.8) is 0 Å². The lowest BCUT2D eigenvalue weighted by Crippen LogP contribution is -2.12. The lowest BCUT2D eigenvalue weighted by molar-refractivity contribution is 0.0990. The summed E-state index contributed by atoms with van der Waals surface area (Å²) in [6.07, 6.45) is 2.30. The van der Waals surface area contributed by atoms with Crippen LogP contribution in [0.1, 0.15) is 23.7 Å². The Kier molecular flexibility index (Phi) is 3.88. The quantitative estimate of drug-likeness (QED) is 0.476. The molecule has 0 saturated carbocycles. The molecule has 1 atom stereocenters. The molecule has 13 heavy (non-hydrogen) atoms.